The molecule has 2 aromatic heterocycles. The van der Waals surface area contributed by atoms with E-state index in [4.69, 9.17) is 4.42 Å². The molecule has 2 N–H and O–H groups in total. The van der Waals surface area contributed by atoms with Crippen LogP contribution in [0.25, 0.3) is 0 Å². The molecule has 0 bridgehead atoms. The number of furan rings is 1. The van der Waals surface area contributed by atoms with Gasteiger partial charge in [-0.1, -0.05) is 0 Å². The lowest BCUT2D eigenvalue weighted by Gasteiger charge is -2.09. The summed E-state index contributed by atoms with van der Waals surface area (Å²) in [6.07, 6.45) is 1.75. The van der Waals surface area contributed by atoms with Crippen LogP contribution in [0.2, 0.25) is 0 Å². The van der Waals surface area contributed by atoms with Crippen LogP contribution >= 0.6 is 11.3 Å². The Hall–Kier alpha value is -1.22. The molecular weight excluding hydrogens is 286 g/mol. The minimum atomic E-state index is -3.51. The van der Waals surface area contributed by atoms with E-state index >= 15 is 0 Å². The number of rotatable bonds is 6. The predicted molar refractivity (Wildman–Crippen MR) is 72.3 cm³/mol. The number of sulfonamides is 1. The van der Waals surface area contributed by atoms with Crippen molar-refractivity contribution in [3.8, 4) is 0 Å². The molecule has 19 heavy (non-hydrogen) atoms. The summed E-state index contributed by atoms with van der Waals surface area (Å²) in [5, 5.41) is 6.04. The van der Waals surface area contributed by atoms with Crippen LogP contribution in [0.15, 0.2) is 33.2 Å². The molecule has 0 aliphatic carbocycles. The summed E-state index contributed by atoms with van der Waals surface area (Å²) in [4.78, 5) is 4.21. The lowest BCUT2D eigenvalue weighted by molar-refractivity contribution is 0.392. The van der Waals surface area contributed by atoms with Gasteiger partial charge in [-0.05, 0) is 26.1 Å². The molecular formula is C11H15N3O3S2. The third-order valence-corrected chi connectivity index (χ3v) is 4.82. The van der Waals surface area contributed by atoms with E-state index in [9.17, 15) is 8.42 Å². The average Bonchev–Trinajstić information content (AvgIpc) is 3.07. The SMILES string of the molecule is CNS(=O)(=O)c1ccc(CNC(C)c2nccs2)o1. The van der Waals surface area contributed by atoms with E-state index in [1.54, 1.807) is 23.6 Å². The van der Waals surface area contributed by atoms with E-state index in [1.165, 1.54) is 13.1 Å². The number of hydrogen-bond acceptors (Lipinski definition) is 6. The molecule has 1 atom stereocenters. The van der Waals surface area contributed by atoms with Crippen molar-refractivity contribution in [3.05, 3.63) is 34.5 Å². The van der Waals surface area contributed by atoms with Crippen molar-refractivity contribution in [2.45, 2.75) is 24.6 Å². The van der Waals surface area contributed by atoms with Gasteiger partial charge in [0.15, 0.2) is 0 Å². The van der Waals surface area contributed by atoms with Gasteiger partial charge in [0.2, 0.25) is 5.09 Å². The van der Waals surface area contributed by atoms with Crippen LogP contribution in [0.3, 0.4) is 0 Å². The molecule has 0 amide bonds. The first-order chi connectivity index (χ1) is 9.03. The summed E-state index contributed by atoms with van der Waals surface area (Å²) in [5.74, 6) is 0.567. The first kappa shape index (κ1) is 14.2. The summed E-state index contributed by atoms with van der Waals surface area (Å²) in [6, 6.07) is 3.18. The normalized spacial score (nSPS) is 13.6. The Labute approximate surface area is 115 Å². The maximum Gasteiger partial charge on any atom is 0.273 e. The Morgan fingerprint density at radius 2 is 2.26 bits per heavy atom. The van der Waals surface area contributed by atoms with Gasteiger partial charge in [-0.3, -0.25) is 0 Å². The van der Waals surface area contributed by atoms with Gasteiger partial charge in [0, 0.05) is 11.6 Å². The Bertz CT molecular complexity index is 619. The van der Waals surface area contributed by atoms with E-state index in [0.717, 1.165) is 5.01 Å². The Morgan fingerprint density at radius 1 is 1.47 bits per heavy atom. The second kappa shape index (κ2) is 5.83. The van der Waals surface area contributed by atoms with Crippen molar-refractivity contribution in [2.24, 2.45) is 0 Å². The third kappa shape index (κ3) is 3.41. The molecule has 8 heteroatoms. The van der Waals surface area contributed by atoms with E-state index < -0.39 is 10.0 Å². The van der Waals surface area contributed by atoms with E-state index in [2.05, 4.69) is 15.0 Å². The molecule has 0 spiro atoms. The van der Waals surface area contributed by atoms with Crippen LogP contribution in [0.4, 0.5) is 0 Å². The van der Waals surface area contributed by atoms with Crippen molar-refractivity contribution in [1.82, 2.24) is 15.0 Å². The molecule has 0 aliphatic rings. The van der Waals surface area contributed by atoms with Gasteiger partial charge in [0.05, 0.1) is 12.6 Å². The zero-order valence-corrected chi connectivity index (χ0v) is 12.2. The molecule has 2 heterocycles. The van der Waals surface area contributed by atoms with Crippen LogP contribution in [-0.4, -0.2) is 20.4 Å². The number of nitrogens with zero attached hydrogens (tertiary/aromatic N) is 1. The maximum absolute atomic E-state index is 11.5. The molecule has 0 radical (unpaired) electrons. The highest BCUT2D eigenvalue weighted by Gasteiger charge is 2.16. The molecule has 2 aromatic rings. The fraction of sp³-hybridized carbons (Fsp3) is 0.364. The van der Waals surface area contributed by atoms with Crippen LogP contribution in [-0.2, 0) is 16.6 Å². The van der Waals surface area contributed by atoms with Gasteiger partial charge >= 0.3 is 0 Å². The third-order valence-electron chi connectivity index (χ3n) is 2.57. The van der Waals surface area contributed by atoms with Crippen LogP contribution < -0.4 is 10.0 Å². The number of hydrogen-bond donors (Lipinski definition) is 2. The molecule has 0 fully saturated rings. The molecule has 0 aromatic carbocycles. The van der Waals surface area contributed by atoms with Gasteiger partial charge in [0.25, 0.3) is 10.0 Å². The highest BCUT2D eigenvalue weighted by Crippen LogP contribution is 2.17. The zero-order valence-electron chi connectivity index (χ0n) is 10.6. The number of nitrogens with one attached hydrogen (secondary N) is 2. The molecule has 0 saturated carbocycles. The Balaban J connectivity index is 1.98. The molecule has 0 aliphatic heterocycles. The second-order valence-electron chi connectivity index (χ2n) is 3.90. The summed E-state index contributed by atoms with van der Waals surface area (Å²) >= 11 is 1.57. The van der Waals surface area contributed by atoms with Gasteiger partial charge in [-0.25, -0.2) is 18.1 Å². The van der Waals surface area contributed by atoms with Crippen LogP contribution in [0.1, 0.15) is 23.7 Å². The average molecular weight is 301 g/mol. The van der Waals surface area contributed by atoms with Crippen molar-refractivity contribution < 1.29 is 12.8 Å². The highest BCUT2D eigenvalue weighted by molar-refractivity contribution is 7.89. The standard InChI is InChI=1S/C11H15N3O3S2/c1-8(11-13-5-6-18-11)14-7-9-3-4-10(17-9)19(15,16)12-2/h3-6,8,12,14H,7H2,1-2H3. The Morgan fingerprint density at radius 3 is 2.89 bits per heavy atom. The number of thiazole rings is 1. The lowest BCUT2D eigenvalue weighted by atomic mass is 10.3. The fourth-order valence-electron chi connectivity index (χ4n) is 1.49. The summed E-state index contributed by atoms with van der Waals surface area (Å²) in [5.41, 5.74) is 0. The molecule has 0 saturated heterocycles. The first-order valence-corrected chi connectivity index (χ1v) is 8.04. The Kier molecular flexibility index (Phi) is 4.35. The zero-order chi connectivity index (χ0) is 13.9. The van der Waals surface area contributed by atoms with Gasteiger partial charge in [-0.15, -0.1) is 11.3 Å². The fourth-order valence-corrected chi connectivity index (χ4v) is 2.82. The lowest BCUT2D eigenvalue weighted by Crippen LogP contribution is -2.18. The van der Waals surface area contributed by atoms with Crippen molar-refractivity contribution in [3.63, 3.8) is 0 Å². The minimum absolute atomic E-state index is 0.0753. The molecule has 1 unspecified atom stereocenters. The van der Waals surface area contributed by atoms with Crippen LogP contribution in [0.5, 0.6) is 0 Å². The summed E-state index contributed by atoms with van der Waals surface area (Å²) in [7, 11) is -2.17. The first-order valence-electron chi connectivity index (χ1n) is 5.68. The highest BCUT2D eigenvalue weighted by atomic mass is 32.2. The molecule has 6 nitrogen and oxygen atoms in total. The largest absolute Gasteiger partial charge is 0.447 e. The second-order valence-corrected chi connectivity index (χ2v) is 6.64. The molecule has 104 valence electrons. The predicted octanol–water partition coefficient (Wildman–Crippen LogP) is 1.49. The van der Waals surface area contributed by atoms with Gasteiger partial charge in [0.1, 0.15) is 10.8 Å². The summed E-state index contributed by atoms with van der Waals surface area (Å²) in [6.45, 7) is 2.44. The van der Waals surface area contributed by atoms with Gasteiger partial charge in [-0.2, -0.15) is 0 Å². The minimum Gasteiger partial charge on any atom is -0.447 e. The van der Waals surface area contributed by atoms with E-state index in [0.29, 0.717) is 12.3 Å². The summed E-state index contributed by atoms with van der Waals surface area (Å²) < 4.78 is 30.5. The van der Waals surface area contributed by atoms with Gasteiger partial charge < -0.3 is 9.73 Å². The van der Waals surface area contributed by atoms with Crippen molar-refractivity contribution in [2.75, 3.05) is 7.05 Å². The van der Waals surface area contributed by atoms with Crippen molar-refractivity contribution >= 4 is 21.4 Å². The monoisotopic (exact) mass is 301 g/mol. The van der Waals surface area contributed by atoms with E-state index in [1.807, 2.05) is 12.3 Å². The van der Waals surface area contributed by atoms with Crippen molar-refractivity contribution in [1.29, 1.82) is 0 Å². The van der Waals surface area contributed by atoms with E-state index in [-0.39, 0.29) is 11.1 Å². The number of aromatic nitrogens is 1. The maximum atomic E-state index is 11.5. The quantitative estimate of drug-likeness (QED) is 0.844. The van der Waals surface area contributed by atoms with Crippen LogP contribution in [0, 0.1) is 0 Å². The molecule has 2 rings (SSSR count). The smallest absolute Gasteiger partial charge is 0.273 e. The topological polar surface area (TPSA) is 84.2 Å².